The Balaban J connectivity index is 1.71. The Bertz CT molecular complexity index is 725. The molecule has 1 atom stereocenters. The van der Waals surface area contributed by atoms with Crippen LogP contribution in [-0.4, -0.2) is 39.8 Å². The summed E-state index contributed by atoms with van der Waals surface area (Å²) in [5, 5.41) is 3.38. The van der Waals surface area contributed by atoms with Crippen LogP contribution in [0.1, 0.15) is 18.5 Å². The van der Waals surface area contributed by atoms with Crippen LogP contribution in [0, 0.1) is 0 Å². The van der Waals surface area contributed by atoms with Crippen LogP contribution < -0.4 is 10.9 Å². The number of hydrogen-bond donors (Lipinski definition) is 1. The van der Waals surface area contributed by atoms with E-state index in [2.05, 4.69) is 10.3 Å². The van der Waals surface area contributed by atoms with Gasteiger partial charge in [0.15, 0.2) is 0 Å². The number of piperidine rings is 1. The van der Waals surface area contributed by atoms with E-state index in [0.29, 0.717) is 25.2 Å². The maximum absolute atomic E-state index is 12.0. The first kappa shape index (κ1) is 13.8. The van der Waals surface area contributed by atoms with Crippen LogP contribution in [0.3, 0.4) is 0 Å². The monoisotopic (exact) mass is 286 g/mol. The number of nitrogens with zero attached hydrogens (tertiary/aromatic N) is 3. The van der Waals surface area contributed by atoms with Gasteiger partial charge in [0.05, 0.1) is 5.69 Å². The number of aromatic nitrogens is 2. The second-order valence-corrected chi connectivity index (χ2v) is 5.41. The molecule has 0 aliphatic carbocycles. The lowest BCUT2D eigenvalue weighted by Crippen LogP contribution is -2.46. The number of fused-ring (bicyclic) bond motifs is 1. The maximum atomic E-state index is 12.0. The van der Waals surface area contributed by atoms with Gasteiger partial charge in [0.2, 0.25) is 5.91 Å². The number of rotatable bonds is 3. The van der Waals surface area contributed by atoms with Gasteiger partial charge in [-0.2, -0.15) is 0 Å². The predicted molar refractivity (Wildman–Crippen MR) is 79.0 cm³/mol. The van der Waals surface area contributed by atoms with Crippen LogP contribution in [0.2, 0.25) is 0 Å². The largest absolute Gasteiger partial charge is 0.344 e. The van der Waals surface area contributed by atoms with Crippen molar-refractivity contribution in [1.82, 2.24) is 19.6 Å². The molecule has 21 heavy (non-hydrogen) atoms. The van der Waals surface area contributed by atoms with E-state index in [1.807, 2.05) is 25.2 Å². The SMILES string of the molecule is CN1CC(NCc2cc(=O)n3ccccc3n2)CCC1=O. The molecular formula is C15H18N4O2. The topological polar surface area (TPSA) is 66.7 Å². The van der Waals surface area contributed by atoms with Gasteiger partial charge < -0.3 is 10.2 Å². The van der Waals surface area contributed by atoms with Gasteiger partial charge in [-0.15, -0.1) is 0 Å². The molecule has 0 aromatic carbocycles. The number of carbonyl (C=O) groups excluding carboxylic acids is 1. The third-order valence-corrected chi connectivity index (χ3v) is 3.82. The first-order valence-electron chi connectivity index (χ1n) is 7.08. The Kier molecular flexibility index (Phi) is 3.70. The van der Waals surface area contributed by atoms with Crippen LogP contribution in [0.15, 0.2) is 35.3 Å². The molecule has 1 unspecified atom stereocenters. The molecule has 1 aliphatic rings. The average molecular weight is 286 g/mol. The van der Waals surface area contributed by atoms with E-state index in [9.17, 15) is 9.59 Å². The first-order chi connectivity index (χ1) is 10.1. The number of hydrogen-bond acceptors (Lipinski definition) is 4. The standard InChI is InChI=1S/C15H18N4O2/c1-18-10-11(5-6-14(18)20)16-9-12-8-15(21)19-7-3-2-4-13(19)17-12/h2-4,7-8,11,16H,5-6,9-10H2,1H3. The second-order valence-electron chi connectivity index (χ2n) is 5.41. The minimum Gasteiger partial charge on any atom is -0.344 e. The molecule has 0 spiro atoms. The fourth-order valence-electron chi connectivity index (χ4n) is 2.62. The van der Waals surface area contributed by atoms with E-state index in [4.69, 9.17) is 0 Å². The number of carbonyl (C=O) groups is 1. The molecule has 6 nitrogen and oxygen atoms in total. The molecule has 2 aromatic rings. The minimum atomic E-state index is -0.0756. The lowest BCUT2D eigenvalue weighted by molar-refractivity contribution is -0.132. The molecule has 0 bridgehead atoms. The number of likely N-dealkylation sites (tertiary alicyclic amines) is 1. The summed E-state index contributed by atoms with van der Waals surface area (Å²) in [4.78, 5) is 29.6. The van der Waals surface area contributed by atoms with Crippen LogP contribution >= 0.6 is 0 Å². The van der Waals surface area contributed by atoms with E-state index >= 15 is 0 Å². The second kappa shape index (κ2) is 5.65. The molecule has 0 saturated carbocycles. The Morgan fingerprint density at radius 1 is 1.38 bits per heavy atom. The zero-order valence-corrected chi connectivity index (χ0v) is 12.0. The van der Waals surface area contributed by atoms with Crippen LogP contribution in [0.25, 0.3) is 5.65 Å². The van der Waals surface area contributed by atoms with Gasteiger partial charge in [0, 0.05) is 44.9 Å². The highest BCUT2D eigenvalue weighted by Crippen LogP contribution is 2.10. The van der Waals surface area contributed by atoms with Crippen LogP contribution in [-0.2, 0) is 11.3 Å². The maximum Gasteiger partial charge on any atom is 0.258 e. The van der Waals surface area contributed by atoms with E-state index in [1.54, 1.807) is 17.2 Å². The van der Waals surface area contributed by atoms with Crippen molar-refractivity contribution < 1.29 is 4.79 Å². The molecule has 1 N–H and O–H groups in total. The highest BCUT2D eigenvalue weighted by Gasteiger charge is 2.22. The van der Waals surface area contributed by atoms with Gasteiger partial charge in [-0.3, -0.25) is 14.0 Å². The summed E-state index contributed by atoms with van der Waals surface area (Å²) in [6.45, 7) is 1.23. The summed E-state index contributed by atoms with van der Waals surface area (Å²) in [7, 11) is 1.82. The van der Waals surface area contributed by atoms with Crippen molar-refractivity contribution in [3.63, 3.8) is 0 Å². The predicted octanol–water partition coefficient (Wildman–Crippen LogP) is 0.405. The molecule has 1 fully saturated rings. The number of nitrogens with one attached hydrogen (secondary N) is 1. The Morgan fingerprint density at radius 2 is 2.24 bits per heavy atom. The zero-order valence-electron chi connectivity index (χ0n) is 12.0. The van der Waals surface area contributed by atoms with Crippen molar-refractivity contribution in [2.75, 3.05) is 13.6 Å². The van der Waals surface area contributed by atoms with Gasteiger partial charge in [-0.1, -0.05) is 6.07 Å². The molecule has 1 saturated heterocycles. The third kappa shape index (κ3) is 2.95. The van der Waals surface area contributed by atoms with Crippen molar-refractivity contribution in [3.05, 3.63) is 46.5 Å². The fourth-order valence-corrected chi connectivity index (χ4v) is 2.62. The zero-order chi connectivity index (χ0) is 14.8. The van der Waals surface area contributed by atoms with Crippen LogP contribution in [0.4, 0.5) is 0 Å². The van der Waals surface area contributed by atoms with Gasteiger partial charge in [-0.25, -0.2) is 4.98 Å². The highest BCUT2D eigenvalue weighted by molar-refractivity contribution is 5.76. The molecule has 1 amide bonds. The quantitative estimate of drug-likeness (QED) is 0.887. The molecule has 3 rings (SSSR count). The lowest BCUT2D eigenvalue weighted by atomic mass is 10.1. The van der Waals surface area contributed by atoms with E-state index in [1.165, 1.54) is 4.40 Å². The summed E-state index contributed by atoms with van der Waals surface area (Å²) >= 11 is 0. The normalized spacial score (nSPS) is 19.2. The van der Waals surface area contributed by atoms with Crippen molar-refractivity contribution >= 4 is 11.6 Å². The smallest absolute Gasteiger partial charge is 0.258 e. The van der Waals surface area contributed by atoms with Crippen molar-refractivity contribution in [2.45, 2.75) is 25.4 Å². The first-order valence-corrected chi connectivity index (χ1v) is 7.08. The minimum absolute atomic E-state index is 0.0756. The average Bonchev–Trinajstić information content (AvgIpc) is 2.49. The molecular weight excluding hydrogens is 268 g/mol. The number of pyridine rings is 1. The number of amides is 1. The molecule has 3 heterocycles. The van der Waals surface area contributed by atoms with Crippen LogP contribution in [0.5, 0.6) is 0 Å². The molecule has 110 valence electrons. The van der Waals surface area contributed by atoms with Gasteiger partial charge in [0.25, 0.3) is 5.56 Å². The number of likely N-dealkylation sites (N-methyl/N-ethyl adjacent to an activating group) is 1. The summed E-state index contributed by atoms with van der Waals surface area (Å²) < 4.78 is 1.52. The van der Waals surface area contributed by atoms with E-state index in [-0.39, 0.29) is 17.5 Å². The Morgan fingerprint density at radius 3 is 3.05 bits per heavy atom. The van der Waals surface area contributed by atoms with E-state index in [0.717, 1.165) is 12.1 Å². The molecule has 6 heteroatoms. The molecule has 1 aliphatic heterocycles. The van der Waals surface area contributed by atoms with Gasteiger partial charge >= 0.3 is 0 Å². The summed E-state index contributed by atoms with van der Waals surface area (Å²) in [5.41, 5.74) is 1.30. The fraction of sp³-hybridized carbons (Fsp3) is 0.400. The molecule has 2 aromatic heterocycles. The third-order valence-electron chi connectivity index (χ3n) is 3.82. The van der Waals surface area contributed by atoms with Crippen molar-refractivity contribution in [1.29, 1.82) is 0 Å². The van der Waals surface area contributed by atoms with Gasteiger partial charge in [0.1, 0.15) is 5.65 Å². The van der Waals surface area contributed by atoms with E-state index < -0.39 is 0 Å². The summed E-state index contributed by atoms with van der Waals surface area (Å²) in [6, 6.07) is 7.29. The Labute approximate surface area is 122 Å². The van der Waals surface area contributed by atoms with Crippen molar-refractivity contribution in [2.24, 2.45) is 0 Å². The van der Waals surface area contributed by atoms with Gasteiger partial charge in [-0.05, 0) is 18.6 Å². The Hall–Kier alpha value is -2.21. The summed E-state index contributed by atoms with van der Waals surface area (Å²) in [5.74, 6) is 0.190. The lowest BCUT2D eigenvalue weighted by Gasteiger charge is -2.30. The summed E-state index contributed by atoms with van der Waals surface area (Å²) in [6.07, 6.45) is 3.11. The van der Waals surface area contributed by atoms with Crippen molar-refractivity contribution in [3.8, 4) is 0 Å². The highest BCUT2D eigenvalue weighted by atomic mass is 16.2. The molecule has 0 radical (unpaired) electrons.